The molecule has 0 bridgehead atoms. The van der Waals surface area contributed by atoms with E-state index in [2.05, 4.69) is 54.6 Å². The van der Waals surface area contributed by atoms with Crippen LogP contribution < -0.4 is 0 Å². The molecule has 4 heteroatoms. The van der Waals surface area contributed by atoms with Gasteiger partial charge in [-0.2, -0.15) is 0 Å². The normalized spacial score (nSPS) is 11.6. The minimum atomic E-state index is -0.298. The monoisotopic (exact) mass is 405 g/mol. The van der Waals surface area contributed by atoms with Crippen molar-refractivity contribution in [2.45, 2.75) is 0 Å². The Bertz CT molecular complexity index is 1630. The lowest BCUT2D eigenvalue weighted by Gasteiger charge is -2.09. The quantitative estimate of drug-likeness (QED) is 0.217. The van der Waals surface area contributed by atoms with E-state index in [1.165, 1.54) is 25.6 Å². The molecule has 0 atom stereocenters. The van der Waals surface area contributed by atoms with E-state index in [0.717, 1.165) is 21.7 Å². The molecule has 0 N–H and O–H groups in total. The summed E-state index contributed by atoms with van der Waals surface area (Å²) in [7, 11) is 0. The molecule has 1 aromatic heterocycles. The van der Waals surface area contributed by atoms with E-state index >= 15 is 0 Å². The Morgan fingerprint density at radius 2 is 1.23 bits per heavy atom. The molecule has 1 heterocycles. The fraction of sp³-hybridized carbons (Fsp3) is 0. The smallest absolute Gasteiger partial charge is 0.258 e. The molecule has 0 radical (unpaired) electrons. The molecule has 5 aromatic carbocycles. The maximum absolute atomic E-state index is 11.7. The molecule has 30 heavy (non-hydrogen) atoms. The van der Waals surface area contributed by atoms with Gasteiger partial charge in [0.2, 0.25) is 0 Å². The summed E-state index contributed by atoms with van der Waals surface area (Å²) in [4.78, 5) is 11.4. The molecule has 142 valence electrons. The first-order valence-corrected chi connectivity index (χ1v) is 10.5. The summed E-state index contributed by atoms with van der Waals surface area (Å²) in [5, 5.41) is 18.7. The lowest BCUT2D eigenvalue weighted by molar-refractivity contribution is -0.384. The number of thiophene rings is 1. The highest BCUT2D eigenvalue weighted by molar-refractivity contribution is 7.27. The number of fused-ring (bicyclic) bond motifs is 7. The SMILES string of the molecule is O=[N+]([O-])c1ccccc1-c1cc2c3ccc4ccccc4c3sc2c2ccccc12. The number of para-hydroxylation sites is 1. The van der Waals surface area contributed by atoms with Gasteiger partial charge in [-0.3, -0.25) is 10.1 Å². The van der Waals surface area contributed by atoms with E-state index < -0.39 is 0 Å². The Hall–Kier alpha value is -3.76. The fourth-order valence-corrected chi connectivity index (χ4v) is 5.76. The zero-order chi connectivity index (χ0) is 20.2. The van der Waals surface area contributed by atoms with Crippen molar-refractivity contribution < 1.29 is 4.92 Å². The summed E-state index contributed by atoms with van der Waals surface area (Å²) in [6, 6.07) is 30.1. The first-order chi connectivity index (χ1) is 14.7. The molecule has 0 unspecified atom stereocenters. The predicted molar refractivity (Wildman–Crippen MR) is 126 cm³/mol. The second-order valence-electron chi connectivity index (χ2n) is 7.39. The van der Waals surface area contributed by atoms with Gasteiger partial charge in [0.1, 0.15) is 0 Å². The third kappa shape index (κ3) is 2.38. The lowest BCUT2D eigenvalue weighted by atomic mass is 9.94. The average Bonchev–Trinajstić information content (AvgIpc) is 3.18. The zero-order valence-corrected chi connectivity index (χ0v) is 16.6. The van der Waals surface area contributed by atoms with Crippen LogP contribution in [0.1, 0.15) is 0 Å². The third-order valence-corrected chi connectivity index (χ3v) is 7.05. The van der Waals surface area contributed by atoms with Crippen LogP contribution in [-0.2, 0) is 0 Å². The second-order valence-corrected chi connectivity index (χ2v) is 8.41. The largest absolute Gasteiger partial charge is 0.277 e. The molecular formula is C26H15NO2S. The van der Waals surface area contributed by atoms with E-state index in [9.17, 15) is 10.1 Å². The van der Waals surface area contributed by atoms with Gasteiger partial charge in [0.05, 0.1) is 10.5 Å². The van der Waals surface area contributed by atoms with Crippen LogP contribution in [0.3, 0.4) is 0 Å². The van der Waals surface area contributed by atoms with Gasteiger partial charge in [-0.15, -0.1) is 11.3 Å². The number of rotatable bonds is 2. The number of hydrogen-bond acceptors (Lipinski definition) is 3. The van der Waals surface area contributed by atoms with Crippen molar-refractivity contribution in [3.8, 4) is 11.1 Å². The van der Waals surface area contributed by atoms with Gasteiger partial charge in [0.25, 0.3) is 5.69 Å². The zero-order valence-electron chi connectivity index (χ0n) is 15.8. The Labute approximate surface area is 176 Å². The Morgan fingerprint density at radius 3 is 2.07 bits per heavy atom. The summed E-state index contributed by atoms with van der Waals surface area (Å²) in [6.45, 7) is 0. The molecule has 3 nitrogen and oxygen atoms in total. The van der Waals surface area contributed by atoms with E-state index in [0.29, 0.717) is 5.56 Å². The summed E-state index contributed by atoms with van der Waals surface area (Å²) in [6.07, 6.45) is 0. The molecule has 0 aliphatic heterocycles. The van der Waals surface area contributed by atoms with Crippen molar-refractivity contribution in [3.05, 3.63) is 101 Å². The van der Waals surface area contributed by atoms with Crippen LogP contribution in [-0.4, -0.2) is 4.92 Å². The van der Waals surface area contributed by atoms with Crippen LogP contribution in [0.25, 0.3) is 52.8 Å². The van der Waals surface area contributed by atoms with Gasteiger partial charge < -0.3 is 0 Å². The standard InChI is InChI=1S/C26H15NO2S/c28-27(29)24-12-6-5-10-19(24)22-15-23-21-14-13-16-7-1-2-8-17(16)25(21)30-26(23)20-11-4-3-9-18(20)22/h1-15H. The minimum Gasteiger partial charge on any atom is -0.258 e. The molecule has 0 spiro atoms. The van der Waals surface area contributed by atoms with Gasteiger partial charge in [-0.05, 0) is 33.9 Å². The summed E-state index contributed by atoms with van der Waals surface area (Å²) in [5.74, 6) is 0. The second kappa shape index (κ2) is 6.37. The number of nitro benzene ring substituents is 1. The van der Waals surface area contributed by atoms with Crippen LogP contribution in [0.2, 0.25) is 0 Å². The average molecular weight is 405 g/mol. The van der Waals surface area contributed by atoms with Gasteiger partial charge in [-0.1, -0.05) is 72.8 Å². The summed E-state index contributed by atoms with van der Waals surface area (Å²) in [5.41, 5.74) is 1.69. The Balaban J connectivity index is 1.82. The molecule has 0 saturated heterocycles. The van der Waals surface area contributed by atoms with E-state index in [1.807, 2.05) is 24.3 Å². The van der Waals surface area contributed by atoms with E-state index in [1.54, 1.807) is 23.5 Å². The maximum atomic E-state index is 11.7. The van der Waals surface area contributed by atoms with Gasteiger partial charge in [0.15, 0.2) is 0 Å². The number of nitrogens with zero attached hydrogens (tertiary/aromatic N) is 1. The number of benzene rings is 5. The molecule has 6 aromatic rings. The van der Waals surface area contributed by atoms with Crippen molar-refractivity contribution in [2.24, 2.45) is 0 Å². The maximum Gasteiger partial charge on any atom is 0.277 e. The minimum absolute atomic E-state index is 0.131. The van der Waals surface area contributed by atoms with Crippen LogP contribution in [0.5, 0.6) is 0 Å². The van der Waals surface area contributed by atoms with E-state index in [4.69, 9.17) is 0 Å². The molecule has 0 saturated carbocycles. The van der Waals surface area contributed by atoms with Gasteiger partial charge >= 0.3 is 0 Å². The van der Waals surface area contributed by atoms with Crippen LogP contribution in [0, 0.1) is 10.1 Å². The lowest BCUT2D eigenvalue weighted by Crippen LogP contribution is -1.92. The fourth-order valence-electron chi connectivity index (χ4n) is 4.41. The number of nitro groups is 1. The van der Waals surface area contributed by atoms with Crippen molar-refractivity contribution >= 4 is 58.7 Å². The van der Waals surface area contributed by atoms with Crippen molar-refractivity contribution in [3.63, 3.8) is 0 Å². The van der Waals surface area contributed by atoms with Crippen LogP contribution in [0.15, 0.2) is 91.0 Å². The molecule has 0 aliphatic carbocycles. The highest BCUT2D eigenvalue weighted by Crippen LogP contribution is 2.45. The van der Waals surface area contributed by atoms with Gasteiger partial charge in [-0.25, -0.2) is 0 Å². The third-order valence-electron chi connectivity index (χ3n) is 5.76. The first-order valence-electron chi connectivity index (χ1n) is 9.72. The molecule has 0 fully saturated rings. The van der Waals surface area contributed by atoms with E-state index in [-0.39, 0.29) is 10.6 Å². The highest BCUT2D eigenvalue weighted by Gasteiger charge is 2.19. The summed E-state index contributed by atoms with van der Waals surface area (Å²) >= 11 is 1.80. The predicted octanol–water partition coefficient (Wildman–Crippen LogP) is 7.94. The topological polar surface area (TPSA) is 43.1 Å². The van der Waals surface area contributed by atoms with Crippen molar-refractivity contribution in [2.75, 3.05) is 0 Å². The summed E-state index contributed by atoms with van der Waals surface area (Å²) < 4.78 is 2.48. The molecule has 6 rings (SSSR count). The highest BCUT2D eigenvalue weighted by atomic mass is 32.1. The van der Waals surface area contributed by atoms with Gasteiger partial charge in [0, 0.05) is 31.6 Å². The van der Waals surface area contributed by atoms with Crippen LogP contribution in [0.4, 0.5) is 5.69 Å². The molecule has 0 aliphatic rings. The number of hydrogen-bond donors (Lipinski definition) is 0. The van der Waals surface area contributed by atoms with Crippen molar-refractivity contribution in [1.82, 2.24) is 0 Å². The van der Waals surface area contributed by atoms with Crippen LogP contribution >= 0.6 is 11.3 Å². The Morgan fingerprint density at radius 1 is 0.600 bits per heavy atom. The molecule has 0 amide bonds. The van der Waals surface area contributed by atoms with Crippen molar-refractivity contribution in [1.29, 1.82) is 0 Å². The Kier molecular flexibility index (Phi) is 3.64. The first kappa shape index (κ1) is 17.1. The molecular weight excluding hydrogens is 390 g/mol.